The molecular weight excluding hydrogens is 180 g/mol. The molecule has 2 N–H and O–H groups in total. The second kappa shape index (κ2) is 2.83. The summed E-state index contributed by atoms with van der Waals surface area (Å²) in [5, 5.41) is 21.4. The molecular formula is C5H6N4O4. The number of nitro groups is 2. The molecule has 0 aliphatic carbocycles. The van der Waals surface area contributed by atoms with Crippen molar-refractivity contribution in [1.82, 2.24) is 5.01 Å². The Morgan fingerprint density at radius 1 is 1.23 bits per heavy atom. The average molecular weight is 186 g/mol. The predicted molar refractivity (Wildman–Crippen MR) is 41.0 cm³/mol. The van der Waals surface area contributed by atoms with Gasteiger partial charge in [0.2, 0.25) is 0 Å². The van der Waals surface area contributed by atoms with Crippen LogP contribution in [0.1, 0.15) is 0 Å². The first kappa shape index (κ1) is 9.13. The van der Waals surface area contributed by atoms with Gasteiger partial charge < -0.3 is 0 Å². The molecule has 0 atom stereocenters. The zero-order valence-electron chi connectivity index (χ0n) is 6.36. The van der Waals surface area contributed by atoms with Crippen LogP contribution in [-0.4, -0.2) is 20.6 Å². The van der Waals surface area contributed by atoms with E-state index in [1.165, 1.54) is 12.2 Å². The fourth-order valence-corrected chi connectivity index (χ4v) is 0.900. The topological polar surface area (TPSA) is 116 Å². The van der Waals surface area contributed by atoms with Gasteiger partial charge in [0.15, 0.2) is 0 Å². The molecule has 0 aromatic heterocycles. The van der Waals surface area contributed by atoms with Crippen LogP contribution in [0.5, 0.6) is 0 Å². The number of nitrogens with two attached hydrogens (primary N) is 1. The second-order valence-corrected chi connectivity index (χ2v) is 2.31. The van der Waals surface area contributed by atoms with Gasteiger partial charge in [-0.15, -0.1) is 0 Å². The SMILES string of the molecule is NN1C=CC=CC1([N+](=O)[O-])[N+](=O)[O-]. The largest absolute Gasteiger partial charge is 0.576 e. The minimum Gasteiger partial charge on any atom is -0.256 e. The highest BCUT2D eigenvalue weighted by atomic mass is 16.7. The highest BCUT2D eigenvalue weighted by Crippen LogP contribution is 2.19. The number of hydrazine groups is 1. The molecule has 0 aromatic carbocycles. The Hall–Kier alpha value is -1.96. The quantitative estimate of drug-likeness (QED) is 0.268. The number of hydrogen-bond acceptors (Lipinski definition) is 6. The van der Waals surface area contributed by atoms with Crippen molar-refractivity contribution in [3.05, 3.63) is 44.7 Å². The number of allylic oxidation sites excluding steroid dienone is 2. The lowest BCUT2D eigenvalue weighted by Crippen LogP contribution is -2.60. The molecule has 0 saturated carbocycles. The van der Waals surface area contributed by atoms with Gasteiger partial charge >= 0.3 is 5.79 Å². The van der Waals surface area contributed by atoms with Gasteiger partial charge in [0.25, 0.3) is 0 Å². The highest BCUT2D eigenvalue weighted by Gasteiger charge is 2.59. The molecule has 1 aliphatic rings. The van der Waals surface area contributed by atoms with Gasteiger partial charge in [-0.25, -0.2) is 5.84 Å². The number of rotatable bonds is 2. The van der Waals surface area contributed by atoms with Crippen LogP contribution in [0, 0.1) is 20.2 Å². The third-order valence-corrected chi connectivity index (χ3v) is 1.60. The molecule has 1 aliphatic heterocycles. The molecule has 0 bridgehead atoms. The molecule has 70 valence electrons. The van der Waals surface area contributed by atoms with E-state index in [2.05, 4.69) is 0 Å². The van der Waals surface area contributed by atoms with Gasteiger partial charge in [0, 0.05) is 6.20 Å². The minimum atomic E-state index is -2.57. The Labute approximate surface area is 72.2 Å². The second-order valence-electron chi connectivity index (χ2n) is 2.31. The van der Waals surface area contributed by atoms with Crippen molar-refractivity contribution in [1.29, 1.82) is 0 Å². The molecule has 0 unspecified atom stereocenters. The average Bonchev–Trinajstić information content (AvgIpc) is 2.04. The summed E-state index contributed by atoms with van der Waals surface area (Å²) >= 11 is 0. The summed E-state index contributed by atoms with van der Waals surface area (Å²) in [7, 11) is 0. The van der Waals surface area contributed by atoms with Crippen LogP contribution in [0.15, 0.2) is 24.4 Å². The van der Waals surface area contributed by atoms with Crippen molar-refractivity contribution < 1.29 is 9.85 Å². The van der Waals surface area contributed by atoms with Crippen molar-refractivity contribution in [3.63, 3.8) is 0 Å². The molecule has 0 amide bonds. The van der Waals surface area contributed by atoms with Crippen molar-refractivity contribution in [2.24, 2.45) is 5.84 Å². The molecule has 0 aromatic rings. The van der Waals surface area contributed by atoms with E-state index in [0.29, 0.717) is 5.01 Å². The maximum atomic E-state index is 10.5. The lowest BCUT2D eigenvalue weighted by Gasteiger charge is -2.22. The van der Waals surface area contributed by atoms with Crippen LogP contribution < -0.4 is 5.84 Å². The third kappa shape index (κ3) is 1.12. The molecule has 1 rings (SSSR count). The van der Waals surface area contributed by atoms with Crippen LogP contribution in [0.25, 0.3) is 0 Å². The monoisotopic (exact) mass is 186 g/mol. The van der Waals surface area contributed by atoms with Crippen molar-refractivity contribution >= 4 is 0 Å². The zero-order chi connectivity index (χ0) is 10.1. The molecule has 8 heteroatoms. The van der Waals surface area contributed by atoms with E-state index in [1.54, 1.807) is 0 Å². The summed E-state index contributed by atoms with van der Waals surface area (Å²) in [4.78, 5) is 18.8. The van der Waals surface area contributed by atoms with Gasteiger partial charge in [-0.2, -0.15) is 5.01 Å². The molecule has 0 radical (unpaired) electrons. The zero-order valence-corrected chi connectivity index (χ0v) is 6.36. The van der Waals surface area contributed by atoms with Gasteiger partial charge in [-0.05, 0) is 12.2 Å². The van der Waals surface area contributed by atoms with E-state index in [0.717, 1.165) is 12.3 Å². The summed E-state index contributed by atoms with van der Waals surface area (Å²) in [5.74, 6) is 2.55. The Morgan fingerprint density at radius 3 is 2.08 bits per heavy atom. The fourth-order valence-electron chi connectivity index (χ4n) is 0.900. The summed E-state index contributed by atoms with van der Waals surface area (Å²) in [6.07, 6.45) is 4.44. The van der Waals surface area contributed by atoms with E-state index in [4.69, 9.17) is 5.84 Å². The molecule has 0 spiro atoms. The number of hydrogen-bond donors (Lipinski definition) is 1. The van der Waals surface area contributed by atoms with Crippen molar-refractivity contribution in [3.8, 4) is 0 Å². The van der Waals surface area contributed by atoms with Crippen LogP contribution >= 0.6 is 0 Å². The molecule has 13 heavy (non-hydrogen) atoms. The van der Waals surface area contributed by atoms with Crippen LogP contribution in [0.4, 0.5) is 0 Å². The normalized spacial score (nSPS) is 18.7. The first-order valence-electron chi connectivity index (χ1n) is 3.21. The molecule has 0 saturated heterocycles. The fraction of sp³-hybridized carbons (Fsp3) is 0.200. The maximum Gasteiger partial charge on any atom is 0.576 e. The van der Waals surface area contributed by atoms with E-state index < -0.39 is 15.6 Å². The number of nitrogens with zero attached hydrogens (tertiary/aromatic N) is 3. The first-order chi connectivity index (χ1) is 6.01. The van der Waals surface area contributed by atoms with E-state index in [1.807, 2.05) is 0 Å². The Bertz CT molecular complexity index is 296. The van der Waals surface area contributed by atoms with Crippen LogP contribution in [-0.2, 0) is 0 Å². The molecule has 0 fully saturated rings. The van der Waals surface area contributed by atoms with Gasteiger partial charge in [0.05, 0.1) is 6.08 Å². The maximum absolute atomic E-state index is 10.5. The Balaban J connectivity index is 3.19. The summed E-state index contributed by atoms with van der Waals surface area (Å²) in [6.45, 7) is 0. The Kier molecular flexibility index (Phi) is 1.98. The lowest BCUT2D eigenvalue weighted by molar-refractivity contribution is -0.807. The summed E-state index contributed by atoms with van der Waals surface area (Å²) < 4.78 is 0. The smallest absolute Gasteiger partial charge is 0.256 e. The van der Waals surface area contributed by atoms with E-state index in [-0.39, 0.29) is 0 Å². The minimum absolute atomic E-state index is 0.438. The van der Waals surface area contributed by atoms with E-state index >= 15 is 0 Å². The standard InChI is InChI=1S/C5H6N4O4/c6-7-4-2-1-3-5(7,8(10)11)9(12)13/h1-4H,6H2. The summed E-state index contributed by atoms with van der Waals surface area (Å²) in [6, 6.07) is 0. The lowest BCUT2D eigenvalue weighted by atomic mass is 10.2. The van der Waals surface area contributed by atoms with Gasteiger partial charge in [-0.3, -0.25) is 20.2 Å². The first-order valence-corrected chi connectivity index (χ1v) is 3.21. The summed E-state index contributed by atoms with van der Waals surface area (Å²) in [5.41, 5.74) is 0. The van der Waals surface area contributed by atoms with Crippen LogP contribution in [0.2, 0.25) is 0 Å². The Morgan fingerprint density at radius 2 is 1.77 bits per heavy atom. The highest BCUT2D eigenvalue weighted by molar-refractivity contribution is 5.12. The molecule has 8 nitrogen and oxygen atoms in total. The third-order valence-electron chi connectivity index (χ3n) is 1.60. The van der Waals surface area contributed by atoms with Crippen molar-refractivity contribution in [2.75, 3.05) is 0 Å². The van der Waals surface area contributed by atoms with Gasteiger partial charge in [0.1, 0.15) is 9.85 Å². The van der Waals surface area contributed by atoms with Crippen LogP contribution in [0.3, 0.4) is 0 Å². The predicted octanol–water partition coefficient (Wildman–Crippen LogP) is -0.547. The van der Waals surface area contributed by atoms with Gasteiger partial charge in [-0.1, -0.05) is 0 Å². The van der Waals surface area contributed by atoms with E-state index in [9.17, 15) is 20.2 Å². The van der Waals surface area contributed by atoms with Crippen molar-refractivity contribution in [2.45, 2.75) is 5.79 Å². The molecule has 1 heterocycles.